The van der Waals surface area contributed by atoms with Gasteiger partial charge in [-0.15, -0.1) is 0 Å². The number of aromatic nitrogens is 3. The Labute approximate surface area is 186 Å². The highest BCUT2D eigenvalue weighted by molar-refractivity contribution is 5.96. The van der Waals surface area contributed by atoms with Gasteiger partial charge in [-0.2, -0.15) is 15.0 Å². The fraction of sp³-hybridized carbons (Fsp3) is 0.261. The SMILES string of the molecule is Cc1ccccc1Nc1nc(N)nc(COC(=O)[C@@H](NC(=O)c2ccccc2)C(C)C)n1. The van der Waals surface area contributed by atoms with Crippen molar-refractivity contribution in [2.45, 2.75) is 33.4 Å². The molecule has 1 aromatic heterocycles. The van der Waals surface area contributed by atoms with E-state index in [-0.39, 0.29) is 36.2 Å². The Balaban J connectivity index is 1.66. The Bertz CT molecular complexity index is 1090. The number of esters is 1. The van der Waals surface area contributed by atoms with Gasteiger partial charge in [-0.05, 0) is 36.6 Å². The van der Waals surface area contributed by atoms with Crippen LogP contribution in [0, 0.1) is 12.8 Å². The average Bonchev–Trinajstić information content (AvgIpc) is 2.77. The number of rotatable bonds is 8. The largest absolute Gasteiger partial charge is 0.456 e. The van der Waals surface area contributed by atoms with Crippen LogP contribution < -0.4 is 16.4 Å². The summed E-state index contributed by atoms with van der Waals surface area (Å²) in [6.45, 7) is 5.38. The normalized spacial score (nSPS) is 11.6. The van der Waals surface area contributed by atoms with E-state index in [0.29, 0.717) is 5.56 Å². The van der Waals surface area contributed by atoms with Crippen LogP contribution in [0.15, 0.2) is 54.6 Å². The molecule has 0 aliphatic heterocycles. The lowest BCUT2D eigenvalue weighted by atomic mass is 10.0. The van der Waals surface area contributed by atoms with Crippen LogP contribution in [0.25, 0.3) is 0 Å². The highest BCUT2D eigenvalue weighted by Gasteiger charge is 2.26. The van der Waals surface area contributed by atoms with Crippen LogP contribution in [0.3, 0.4) is 0 Å². The molecule has 4 N–H and O–H groups in total. The second-order valence-electron chi connectivity index (χ2n) is 7.54. The first-order chi connectivity index (χ1) is 15.3. The summed E-state index contributed by atoms with van der Waals surface area (Å²) in [7, 11) is 0. The van der Waals surface area contributed by atoms with Crippen molar-refractivity contribution in [3.63, 3.8) is 0 Å². The Morgan fingerprint density at radius 2 is 1.69 bits per heavy atom. The zero-order valence-corrected chi connectivity index (χ0v) is 18.2. The third-order valence-electron chi connectivity index (χ3n) is 4.68. The van der Waals surface area contributed by atoms with Crippen molar-refractivity contribution in [3.8, 4) is 0 Å². The number of ether oxygens (including phenoxy) is 1. The van der Waals surface area contributed by atoms with E-state index in [1.807, 2.05) is 51.1 Å². The van der Waals surface area contributed by atoms with Crippen LogP contribution in [0.4, 0.5) is 17.6 Å². The van der Waals surface area contributed by atoms with Crippen molar-refractivity contribution in [3.05, 3.63) is 71.5 Å². The van der Waals surface area contributed by atoms with Gasteiger partial charge in [0, 0.05) is 11.3 Å². The summed E-state index contributed by atoms with van der Waals surface area (Å²) in [6.07, 6.45) is 0. The van der Waals surface area contributed by atoms with Gasteiger partial charge < -0.3 is 21.1 Å². The van der Waals surface area contributed by atoms with Gasteiger partial charge in [0.25, 0.3) is 5.91 Å². The quantitative estimate of drug-likeness (QED) is 0.461. The van der Waals surface area contributed by atoms with Crippen LogP contribution in [-0.4, -0.2) is 32.9 Å². The second-order valence-corrected chi connectivity index (χ2v) is 7.54. The Kier molecular flexibility index (Phi) is 7.33. The zero-order valence-electron chi connectivity index (χ0n) is 18.2. The Hall–Kier alpha value is -4.01. The van der Waals surface area contributed by atoms with Gasteiger partial charge in [-0.25, -0.2) is 4.79 Å². The molecule has 0 radical (unpaired) electrons. The van der Waals surface area contributed by atoms with Crippen molar-refractivity contribution >= 4 is 29.5 Å². The second kappa shape index (κ2) is 10.3. The lowest BCUT2D eigenvalue weighted by Crippen LogP contribution is -2.45. The molecule has 1 heterocycles. The van der Waals surface area contributed by atoms with E-state index in [1.54, 1.807) is 24.3 Å². The van der Waals surface area contributed by atoms with Crippen LogP contribution in [0.5, 0.6) is 0 Å². The molecule has 0 bridgehead atoms. The van der Waals surface area contributed by atoms with E-state index >= 15 is 0 Å². The number of anilines is 3. The number of carbonyl (C=O) groups is 2. The number of benzene rings is 2. The summed E-state index contributed by atoms with van der Waals surface area (Å²) in [6, 6.07) is 15.5. The number of nitrogens with two attached hydrogens (primary N) is 1. The van der Waals surface area contributed by atoms with Crippen molar-refractivity contribution < 1.29 is 14.3 Å². The summed E-state index contributed by atoms with van der Waals surface area (Å²) < 4.78 is 5.38. The predicted octanol–water partition coefficient (Wildman–Crippen LogP) is 3.00. The number of para-hydroxylation sites is 1. The van der Waals surface area contributed by atoms with Crippen LogP contribution in [0.1, 0.15) is 35.6 Å². The molecular formula is C23H26N6O3. The minimum absolute atomic E-state index is 0.0000712. The number of nitrogens with one attached hydrogen (secondary N) is 2. The molecule has 1 amide bonds. The third kappa shape index (κ3) is 6.00. The van der Waals surface area contributed by atoms with E-state index in [4.69, 9.17) is 10.5 Å². The summed E-state index contributed by atoms with van der Waals surface area (Å²) in [5.41, 5.74) is 8.09. The van der Waals surface area contributed by atoms with Crippen LogP contribution >= 0.6 is 0 Å². The first-order valence-corrected chi connectivity index (χ1v) is 10.2. The molecule has 0 saturated carbocycles. The molecule has 32 heavy (non-hydrogen) atoms. The number of amides is 1. The molecule has 9 heteroatoms. The van der Waals surface area contributed by atoms with Crippen molar-refractivity contribution in [2.24, 2.45) is 5.92 Å². The van der Waals surface area contributed by atoms with Gasteiger partial charge in [0.05, 0.1) is 0 Å². The van der Waals surface area contributed by atoms with E-state index in [0.717, 1.165) is 11.3 Å². The number of nitrogens with zero attached hydrogens (tertiary/aromatic N) is 3. The number of carbonyl (C=O) groups excluding carboxylic acids is 2. The molecule has 0 saturated heterocycles. The molecule has 0 unspecified atom stereocenters. The molecule has 9 nitrogen and oxygen atoms in total. The minimum Gasteiger partial charge on any atom is -0.456 e. The van der Waals surface area contributed by atoms with E-state index in [2.05, 4.69) is 25.6 Å². The van der Waals surface area contributed by atoms with Crippen molar-refractivity contribution in [1.82, 2.24) is 20.3 Å². The van der Waals surface area contributed by atoms with E-state index in [9.17, 15) is 9.59 Å². The smallest absolute Gasteiger partial charge is 0.329 e. The zero-order chi connectivity index (χ0) is 23.1. The van der Waals surface area contributed by atoms with E-state index < -0.39 is 12.0 Å². The fourth-order valence-corrected chi connectivity index (χ4v) is 2.93. The molecule has 3 rings (SSSR count). The molecular weight excluding hydrogens is 408 g/mol. The predicted molar refractivity (Wildman–Crippen MR) is 121 cm³/mol. The first kappa shape index (κ1) is 22.7. The van der Waals surface area contributed by atoms with Gasteiger partial charge in [-0.1, -0.05) is 50.2 Å². The Morgan fingerprint density at radius 1 is 1.00 bits per heavy atom. The Morgan fingerprint density at radius 3 is 2.38 bits per heavy atom. The molecule has 0 fully saturated rings. The number of hydrogen-bond donors (Lipinski definition) is 3. The molecule has 166 valence electrons. The maximum atomic E-state index is 12.7. The van der Waals surface area contributed by atoms with Gasteiger partial charge in [0.1, 0.15) is 6.04 Å². The number of nitrogen functional groups attached to an aromatic ring is 1. The van der Waals surface area contributed by atoms with Crippen molar-refractivity contribution in [2.75, 3.05) is 11.1 Å². The van der Waals surface area contributed by atoms with Gasteiger partial charge >= 0.3 is 5.97 Å². The average molecular weight is 435 g/mol. The van der Waals surface area contributed by atoms with Crippen molar-refractivity contribution in [1.29, 1.82) is 0 Å². The van der Waals surface area contributed by atoms with Crippen LogP contribution in [0.2, 0.25) is 0 Å². The van der Waals surface area contributed by atoms with Gasteiger partial charge in [0.2, 0.25) is 11.9 Å². The highest BCUT2D eigenvalue weighted by Crippen LogP contribution is 2.18. The maximum Gasteiger partial charge on any atom is 0.329 e. The summed E-state index contributed by atoms with van der Waals surface area (Å²) in [5.74, 6) is -0.682. The summed E-state index contributed by atoms with van der Waals surface area (Å²) in [5, 5.41) is 5.81. The number of aryl methyl sites for hydroxylation is 1. The lowest BCUT2D eigenvalue weighted by Gasteiger charge is -2.20. The minimum atomic E-state index is -0.827. The topological polar surface area (TPSA) is 132 Å². The molecule has 3 aromatic rings. The molecule has 1 atom stereocenters. The monoisotopic (exact) mass is 434 g/mol. The third-order valence-corrected chi connectivity index (χ3v) is 4.68. The molecule has 0 aliphatic rings. The molecule has 0 aliphatic carbocycles. The number of hydrogen-bond acceptors (Lipinski definition) is 8. The van der Waals surface area contributed by atoms with Gasteiger partial charge in [0.15, 0.2) is 12.4 Å². The fourth-order valence-electron chi connectivity index (χ4n) is 2.93. The van der Waals surface area contributed by atoms with Gasteiger partial charge in [-0.3, -0.25) is 4.79 Å². The standard InChI is InChI=1S/C23H26N6O3/c1-14(2)19(28-20(30)16-10-5-4-6-11-16)21(31)32-13-18-26-22(24)29-23(27-18)25-17-12-8-7-9-15(17)3/h4-12,14,19H,13H2,1-3H3,(H,28,30)(H3,24,25,26,27,29)/t19-/m0/s1. The summed E-state index contributed by atoms with van der Waals surface area (Å²) in [4.78, 5) is 37.5. The first-order valence-electron chi connectivity index (χ1n) is 10.2. The summed E-state index contributed by atoms with van der Waals surface area (Å²) >= 11 is 0. The maximum absolute atomic E-state index is 12.7. The highest BCUT2D eigenvalue weighted by atomic mass is 16.5. The van der Waals surface area contributed by atoms with E-state index in [1.165, 1.54) is 0 Å². The molecule has 2 aromatic carbocycles. The lowest BCUT2D eigenvalue weighted by molar-refractivity contribution is -0.148. The molecule has 0 spiro atoms. The van der Waals surface area contributed by atoms with Crippen LogP contribution in [-0.2, 0) is 16.1 Å².